The van der Waals surface area contributed by atoms with Crippen molar-refractivity contribution in [3.05, 3.63) is 11.6 Å². The number of nitrogens with zero attached hydrogens (tertiary/aromatic N) is 4. The van der Waals surface area contributed by atoms with Crippen molar-refractivity contribution in [3.63, 3.8) is 0 Å². The lowest BCUT2D eigenvalue weighted by molar-refractivity contribution is -0.152. The van der Waals surface area contributed by atoms with Crippen LogP contribution in [0.2, 0.25) is 5.28 Å². The number of aliphatic hydroxyl groups is 2. The van der Waals surface area contributed by atoms with Gasteiger partial charge in [0.25, 0.3) is 0 Å². The van der Waals surface area contributed by atoms with E-state index in [1.54, 1.807) is 7.05 Å². The van der Waals surface area contributed by atoms with Gasteiger partial charge >= 0.3 is 5.97 Å². The highest BCUT2D eigenvalue weighted by molar-refractivity contribution is 8.02. The third-order valence-electron chi connectivity index (χ3n) is 4.10. The lowest BCUT2D eigenvalue weighted by Crippen LogP contribution is -2.56. The van der Waals surface area contributed by atoms with Crippen LogP contribution in [0.25, 0.3) is 11.2 Å². The van der Waals surface area contributed by atoms with Gasteiger partial charge < -0.3 is 26.0 Å². The molecule has 0 spiro atoms. The summed E-state index contributed by atoms with van der Waals surface area (Å²) in [4.78, 5) is 36.4. The quantitative estimate of drug-likeness (QED) is 0.279. The number of methoxy groups -OCH3 is 1. The fourth-order valence-corrected chi connectivity index (χ4v) is 4.50. The number of ether oxygens (including phenoxy) is 1. The van der Waals surface area contributed by atoms with Gasteiger partial charge in [-0.05, 0) is 11.6 Å². The summed E-state index contributed by atoms with van der Waals surface area (Å²) in [5, 5.41) is 22.6. The van der Waals surface area contributed by atoms with Crippen LogP contribution in [0.1, 0.15) is 5.37 Å². The summed E-state index contributed by atoms with van der Waals surface area (Å²) in [5.41, 5.74) is 5.94. The van der Waals surface area contributed by atoms with Crippen molar-refractivity contribution >= 4 is 52.2 Å². The van der Waals surface area contributed by atoms with Crippen LogP contribution in [-0.2, 0) is 14.3 Å². The zero-order chi connectivity index (χ0) is 19.2. The second kappa shape index (κ2) is 6.54. The Kier molecular flexibility index (Phi) is 4.69. The SMILES string of the molecule is CNc1nc(Cl)nc2c1ncn2C1SC(C(N)=O)(C(=O)OC)C(O)C1O. The number of halogens is 1. The van der Waals surface area contributed by atoms with Gasteiger partial charge in [0.2, 0.25) is 15.9 Å². The Balaban J connectivity index is 2.14. The number of hydrogen-bond acceptors (Lipinski definition) is 10. The molecule has 2 aromatic heterocycles. The van der Waals surface area contributed by atoms with Gasteiger partial charge in [0.15, 0.2) is 17.0 Å². The maximum absolute atomic E-state index is 12.2. The van der Waals surface area contributed by atoms with Gasteiger partial charge in [-0.2, -0.15) is 9.97 Å². The van der Waals surface area contributed by atoms with Gasteiger partial charge in [-0.25, -0.2) is 9.78 Å². The van der Waals surface area contributed by atoms with Crippen molar-refractivity contribution in [2.45, 2.75) is 22.3 Å². The van der Waals surface area contributed by atoms with E-state index >= 15 is 0 Å². The van der Waals surface area contributed by atoms with Crippen molar-refractivity contribution < 1.29 is 24.5 Å². The van der Waals surface area contributed by atoms with Crippen LogP contribution in [0, 0.1) is 0 Å². The summed E-state index contributed by atoms with van der Waals surface area (Å²) in [6.45, 7) is 0. The van der Waals surface area contributed by atoms with E-state index in [1.165, 1.54) is 10.9 Å². The van der Waals surface area contributed by atoms with Crippen molar-refractivity contribution in [3.8, 4) is 0 Å². The molecule has 0 bridgehead atoms. The van der Waals surface area contributed by atoms with Crippen LogP contribution in [0.4, 0.5) is 5.82 Å². The summed E-state index contributed by atoms with van der Waals surface area (Å²) in [7, 11) is 2.67. The molecular weight excluding hydrogens is 388 g/mol. The molecule has 0 saturated carbocycles. The second-order valence-corrected chi connectivity index (χ2v) is 7.15. The molecule has 4 unspecified atom stereocenters. The number of anilines is 1. The van der Waals surface area contributed by atoms with Gasteiger partial charge in [0, 0.05) is 7.05 Å². The van der Waals surface area contributed by atoms with E-state index in [0.29, 0.717) is 23.1 Å². The molecule has 1 aliphatic rings. The van der Waals surface area contributed by atoms with Gasteiger partial charge in [-0.3, -0.25) is 9.36 Å². The van der Waals surface area contributed by atoms with E-state index in [4.69, 9.17) is 17.3 Å². The van der Waals surface area contributed by atoms with Crippen LogP contribution in [0.15, 0.2) is 6.33 Å². The van der Waals surface area contributed by atoms with E-state index < -0.39 is 34.2 Å². The van der Waals surface area contributed by atoms with Crippen molar-refractivity contribution in [2.24, 2.45) is 5.73 Å². The second-order valence-electron chi connectivity index (χ2n) is 5.45. The number of aromatic nitrogens is 4. The topological polar surface area (TPSA) is 165 Å². The molecule has 26 heavy (non-hydrogen) atoms. The smallest absolute Gasteiger partial charge is 0.334 e. The zero-order valence-electron chi connectivity index (χ0n) is 13.6. The fraction of sp³-hybridized carbons (Fsp3) is 0.462. The molecule has 1 saturated heterocycles. The normalized spacial score (nSPS) is 28.3. The number of aliphatic hydroxyl groups excluding tert-OH is 2. The van der Waals surface area contributed by atoms with Crippen LogP contribution in [-0.4, -0.2) is 72.7 Å². The number of rotatable bonds is 4. The highest BCUT2D eigenvalue weighted by atomic mass is 35.5. The molecule has 4 atom stereocenters. The molecular formula is C13H15ClN6O5S. The maximum atomic E-state index is 12.2. The van der Waals surface area contributed by atoms with E-state index in [9.17, 15) is 19.8 Å². The van der Waals surface area contributed by atoms with E-state index in [-0.39, 0.29) is 10.9 Å². The molecule has 0 radical (unpaired) electrons. The Morgan fingerprint density at radius 2 is 2.15 bits per heavy atom. The highest BCUT2D eigenvalue weighted by Crippen LogP contribution is 2.50. The van der Waals surface area contributed by atoms with Crippen molar-refractivity contribution in [1.82, 2.24) is 19.5 Å². The molecule has 5 N–H and O–H groups in total. The summed E-state index contributed by atoms with van der Waals surface area (Å²) in [6, 6.07) is 0. The number of thioether (sulfide) groups is 1. The first-order valence-electron chi connectivity index (χ1n) is 7.28. The number of imidazole rings is 1. The first-order valence-corrected chi connectivity index (χ1v) is 8.53. The lowest BCUT2D eigenvalue weighted by atomic mass is 9.96. The Morgan fingerprint density at radius 1 is 1.46 bits per heavy atom. The Bertz CT molecular complexity index is 893. The minimum absolute atomic E-state index is 0.0734. The Hall–Kier alpha value is -2.15. The number of nitrogens with one attached hydrogen (secondary N) is 1. The summed E-state index contributed by atoms with van der Waals surface area (Å²) >= 11 is 6.57. The molecule has 1 fully saturated rings. The van der Waals surface area contributed by atoms with Gasteiger partial charge in [-0.1, -0.05) is 0 Å². The third kappa shape index (κ3) is 2.48. The Morgan fingerprint density at radius 3 is 2.73 bits per heavy atom. The Labute approximate surface area is 155 Å². The maximum Gasteiger partial charge on any atom is 0.334 e. The van der Waals surface area contributed by atoms with Gasteiger partial charge in [0.05, 0.1) is 13.4 Å². The molecule has 0 aliphatic carbocycles. The number of esters is 1. The zero-order valence-corrected chi connectivity index (χ0v) is 15.2. The lowest BCUT2D eigenvalue weighted by Gasteiger charge is -2.25. The first-order chi connectivity index (χ1) is 12.3. The minimum Gasteiger partial charge on any atom is -0.468 e. The number of amides is 1. The molecule has 3 heterocycles. The number of primary amides is 1. The average Bonchev–Trinajstić information content (AvgIpc) is 3.14. The predicted octanol–water partition coefficient (Wildman–Crippen LogP) is -1.11. The van der Waals surface area contributed by atoms with Crippen LogP contribution < -0.4 is 11.1 Å². The third-order valence-corrected chi connectivity index (χ3v) is 6.00. The average molecular weight is 403 g/mol. The standard InChI is InChI=1S/C13H15ClN6O5S/c1-16-7-4-8(19-12(14)18-7)20(3-17-4)9-5(21)6(22)13(26-9,10(15)23)11(24)25-2/h3,5-6,9,21-22H,1-2H3,(H2,15,23)(H,16,18,19). The first kappa shape index (κ1) is 18.6. The van der Waals surface area contributed by atoms with Crippen molar-refractivity contribution in [1.29, 1.82) is 0 Å². The molecule has 11 nitrogen and oxygen atoms in total. The number of carbonyl (C=O) groups excluding carboxylic acids is 2. The molecule has 1 amide bonds. The molecule has 1 aliphatic heterocycles. The van der Waals surface area contributed by atoms with Crippen LogP contribution >= 0.6 is 23.4 Å². The fourth-order valence-electron chi connectivity index (χ4n) is 2.82. The number of hydrogen-bond donors (Lipinski definition) is 4. The van der Waals surface area contributed by atoms with Gasteiger partial charge in [0.1, 0.15) is 17.6 Å². The number of fused-ring (bicyclic) bond motifs is 1. The molecule has 2 aromatic rings. The van der Waals surface area contributed by atoms with Crippen LogP contribution in [0.5, 0.6) is 0 Å². The van der Waals surface area contributed by atoms with Gasteiger partial charge in [-0.15, -0.1) is 11.8 Å². The molecule has 0 aromatic carbocycles. The predicted molar refractivity (Wildman–Crippen MR) is 92.5 cm³/mol. The monoisotopic (exact) mass is 402 g/mol. The van der Waals surface area contributed by atoms with E-state index in [0.717, 1.165) is 7.11 Å². The molecule has 13 heteroatoms. The van der Waals surface area contributed by atoms with Crippen LogP contribution in [0.3, 0.4) is 0 Å². The minimum atomic E-state index is -2.17. The van der Waals surface area contributed by atoms with Crippen molar-refractivity contribution in [2.75, 3.05) is 19.5 Å². The summed E-state index contributed by atoms with van der Waals surface area (Å²) in [6.07, 6.45) is -1.99. The van der Waals surface area contributed by atoms with E-state index in [2.05, 4.69) is 25.0 Å². The summed E-state index contributed by atoms with van der Waals surface area (Å²) in [5.74, 6) is -1.83. The highest BCUT2D eigenvalue weighted by Gasteiger charge is 2.64. The number of nitrogens with two attached hydrogens (primary N) is 1. The largest absolute Gasteiger partial charge is 0.468 e. The van der Waals surface area contributed by atoms with E-state index in [1.807, 2.05) is 0 Å². The summed E-state index contributed by atoms with van der Waals surface area (Å²) < 4.78 is 3.83. The molecule has 3 rings (SSSR count). The molecule has 140 valence electrons. The number of carbonyl (C=O) groups is 2.